The Bertz CT molecular complexity index is 1490. The molecule has 1 aromatic heterocycles. The van der Waals surface area contributed by atoms with E-state index in [2.05, 4.69) is 20.0 Å². The number of aromatic nitrogens is 3. The average Bonchev–Trinajstić information content (AvgIpc) is 3.45. The quantitative estimate of drug-likeness (QED) is 0.192. The predicted molar refractivity (Wildman–Crippen MR) is 146 cm³/mol. The number of halogens is 2. The maximum absolute atomic E-state index is 14.7. The molecule has 1 N–H and O–H groups in total. The molecule has 5 rings (SSSR count). The minimum atomic E-state index is -1.65. The minimum absolute atomic E-state index is 0.00748. The highest BCUT2D eigenvalue weighted by Gasteiger charge is 2.36. The highest BCUT2D eigenvalue weighted by Crippen LogP contribution is 2.29. The highest BCUT2D eigenvalue weighted by molar-refractivity contribution is 5.83. The molecular formula is C28H27F2N7O3. The largest absolute Gasteiger partial charge is 0.382 e. The van der Waals surface area contributed by atoms with E-state index in [0.29, 0.717) is 37.4 Å². The molecule has 0 spiro atoms. The van der Waals surface area contributed by atoms with Crippen LogP contribution in [0.4, 0.5) is 25.8 Å². The second-order valence-electron chi connectivity index (χ2n) is 9.64. The lowest BCUT2D eigenvalue weighted by Gasteiger charge is -2.40. The van der Waals surface area contributed by atoms with E-state index in [1.807, 2.05) is 29.2 Å². The summed E-state index contributed by atoms with van der Waals surface area (Å²) in [6.07, 6.45) is 4.37. The zero-order valence-corrected chi connectivity index (χ0v) is 21.5. The number of anilines is 1. The molecule has 12 heteroatoms. The van der Waals surface area contributed by atoms with Gasteiger partial charge in [0, 0.05) is 68.4 Å². The number of piperazine rings is 1. The van der Waals surface area contributed by atoms with Crippen molar-refractivity contribution < 1.29 is 18.8 Å². The van der Waals surface area contributed by atoms with Gasteiger partial charge in [0.05, 0.1) is 17.2 Å². The first kappa shape index (κ1) is 27.0. The van der Waals surface area contributed by atoms with Gasteiger partial charge in [0.15, 0.2) is 0 Å². The van der Waals surface area contributed by atoms with Gasteiger partial charge in [0.1, 0.15) is 29.9 Å². The van der Waals surface area contributed by atoms with Gasteiger partial charge in [-0.1, -0.05) is 18.2 Å². The Hall–Kier alpha value is -4.55. The number of nitro benzene ring substituents is 1. The van der Waals surface area contributed by atoms with Crippen molar-refractivity contribution in [3.63, 3.8) is 0 Å². The van der Waals surface area contributed by atoms with Gasteiger partial charge in [0.25, 0.3) is 5.69 Å². The molecule has 0 aliphatic carbocycles. The van der Waals surface area contributed by atoms with E-state index >= 15 is 0 Å². The number of nitro groups is 1. The van der Waals surface area contributed by atoms with Crippen molar-refractivity contribution >= 4 is 23.3 Å². The summed E-state index contributed by atoms with van der Waals surface area (Å²) in [5.74, 6) is -1.52. The number of rotatable bonds is 9. The van der Waals surface area contributed by atoms with Gasteiger partial charge < -0.3 is 10.0 Å². The Balaban J connectivity index is 1.22. The van der Waals surface area contributed by atoms with E-state index in [4.69, 9.17) is 0 Å². The van der Waals surface area contributed by atoms with Crippen LogP contribution >= 0.6 is 0 Å². The number of β-amino-alcohol motifs (C(OH)–C–C–N with tert-alkyl or cyclic N) is 1. The molecule has 40 heavy (non-hydrogen) atoms. The van der Waals surface area contributed by atoms with Gasteiger partial charge in [-0.05, 0) is 35.9 Å². The molecule has 4 aromatic rings. The second kappa shape index (κ2) is 11.7. The van der Waals surface area contributed by atoms with Crippen molar-refractivity contribution in [3.05, 3.63) is 112 Å². The van der Waals surface area contributed by atoms with Gasteiger partial charge in [-0.15, -0.1) is 0 Å². The first-order valence-corrected chi connectivity index (χ1v) is 12.7. The van der Waals surface area contributed by atoms with Crippen LogP contribution in [-0.4, -0.2) is 68.6 Å². The zero-order chi connectivity index (χ0) is 28.1. The zero-order valence-electron chi connectivity index (χ0n) is 21.5. The third-order valence-electron chi connectivity index (χ3n) is 6.84. The Morgan fingerprint density at radius 3 is 2.48 bits per heavy atom. The number of nitrogens with zero attached hydrogens (tertiary/aromatic N) is 7. The van der Waals surface area contributed by atoms with Crippen molar-refractivity contribution in [2.45, 2.75) is 12.1 Å². The van der Waals surface area contributed by atoms with Crippen molar-refractivity contribution in [3.8, 4) is 0 Å². The number of aliphatic imine (C=N–C) groups is 1. The molecule has 1 fully saturated rings. The smallest absolute Gasteiger partial charge is 0.270 e. The van der Waals surface area contributed by atoms with Crippen LogP contribution in [0.1, 0.15) is 11.1 Å². The fourth-order valence-electron chi connectivity index (χ4n) is 4.82. The number of hydrogen-bond acceptors (Lipinski definition) is 8. The standard InChI is InChI=1S/C28H27F2N7O3/c29-22-4-9-26(27(30)15-22)28(38,18-36-20-31-19-33-36)17-34-10-12-35(13-11-34)24-7-5-23(6-8-24)32-16-21-2-1-3-25(14-21)37(39)40/h1-9,14-16,19-20,38H,10-13,17-18H2. The molecule has 3 aromatic carbocycles. The molecule has 0 bridgehead atoms. The number of non-ortho nitro benzene ring substituents is 1. The lowest BCUT2D eigenvalue weighted by molar-refractivity contribution is -0.384. The minimum Gasteiger partial charge on any atom is -0.382 e. The van der Waals surface area contributed by atoms with Crippen LogP contribution in [0.15, 0.2) is 84.4 Å². The highest BCUT2D eigenvalue weighted by atomic mass is 19.1. The number of hydrogen-bond donors (Lipinski definition) is 1. The molecule has 1 aliphatic rings. The number of aliphatic hydroxyl groups is 1. The number of benzene rings is 3. The Morgan fingerprint density at radius 1 is 1.02 bits per heavy atom. The summed E-state index contributed by atoms with van der Waals surface area (Å²) in [6.45, 7) is 2.70. The maximum Gasteiger partial charge on any atom is 0.270 e. The van der Waals surface area contributed by atoms with Crippen molar-refractivity contribution in [1.29, 1.82) is 0 Å². The average molecular weight is 548 g/mol. The molecule has 1 saturated heterocycles. The molecule has 1 aliphatic heterocycles. The Labute approximate surface area is 229 Å². The first-order valence-electron chi connectivity index (χ1n) is 12.7. The molecule has 1 atom stereocenters. The molecule has 10 nitrogen and oxygen atoms in total. The molecular weight excluding hydrogens is 520 g/mol. The van der Waals surface area contributed by atoms with Crippen LogP contribution in [0.25, 0.3) is 0 Å². The van der Waals surface area contributed by atoms with E-state index in [-0.39, 0.29) is 24.3 Å². The van der Waals surface area contributed by atoms with Crippen LogP contribution in [0.3, 0.4) is 0 Å². The van der Waals surface area contributed by atoms with Crippen LogP contribution in [0.5, 0.6) is 0 Å². The summed E-state index contributed by atoms with van der Waals surface area (Å²) in [6, 6.07) is 17.1. The van der Waals surface area contributed by atoms with Crippen molar-refractivity contribution in [1.82, 2.24) is 19.7 Å². The van der Waals surface area contributed by atoms with Crippen LogP contribution in [0, 0.1) is 21.7 Å². The molecule has 0 amide bonds. The molecule has 2 heterocycles. The predicted octanol–water partition coefficient (Wildman–Crippen LogP) is 3.93. The second-order valence-corrected chi connectivity index (χ2v) is 9.64. The SMILES string of the molecule is O=[N+]([O-])c1cccc(C=Nc2ccc(N3CCN(CC(O)(Cn4cncn4)c4ccc(F)cc4F)CC3)cc2)c1. The van der Waals surface area contributed by atoms with E-state index < -0.39 is 22.2 Å². The first-order chi connectivity index (χ1) is 19.3. The van der Waals surface area contributed by atoms with Crippen molar-refractivity contribution in [2.24, 2.45) is 4.99 Å². The van der Waals surface area contributed by atoms with Crippen LogP contribution < -0.4 is 4.90 Å². The topological polar surface area (TPSA) is 113 Å². The molecule has 206 valence electrons. The van der Waals surface area contributed by atoms with E-state index in [1.165, 1.54) is 35.5 Å². The summed E-state index contributed by atoms with van der Waals surface area (Å²) < 4.78 is 29.7. The lowest BCUT2D eigenvalue weighted by atomic mass is 9.92. The fraction of sp³-hybridized carbons (Fsp3) is 0.250. The summed E-state index contributed by atoms with van der Waals surface area (Å²) in [7, 11) is 0. The third kappa shape index (κ3) is 6.35. The Morgan fingerprint density at radius 2 is 1.80 bits per heavy atom. The van der Waals surface area contributed by atoms with E-state index in [9.17, 15) is 24.0 Å². The normalized spacial score (nSPS) is 15.8. The summed E-state index contributed by atoms with van der Waals surface area (Å²) in [5.41, 5.74) is 0.738. The van der Waals surface area contributed by atoms with Crippen molar-refractivity contribution in [2.75, 3.05) is 37.6 Å². The van der Waals surface area contributed by atoms with Crippen LogP contribution in [0.2, 0.25) is 0 Å². The molecule has 1 unspecified atom stereocenters. The van der Waals surface area contributed by atoms with Crippen LogP contribution in [-0.2, 0) is 12.1 Å². The summed E-state index contributed by atoms with van der Waals surface area (Å²) in [5, 5.41) is 26.6. The van der Waals surface area contributed by atoms with Gasteiger partial charge >= 0.3 is 0 Å². The third-order valence-corrected chi connectivity index (χ3v) is 6.84. The summed E-state index contributed by atoms with van der Waals surface area (Å²) in [4.78, 5) is 23.1. The fourth-order valence-corrected chi connectivity index (χ4v) is 4.82. The Kier molecular flexibility index (Phi) is 7.89. The van der Waals surface area contributed by atoms with Gasteiger partial charge in [-0.2, -0.15) is 5.10 Å². The maximum atomic E-state index is 14.7. The lowest BCUT2D eigenvalue weighted by Crippen LogP contribution is -2.52. The summed E-state index contributed by atoms with van der Waals surface area (Å²) >= 11 is 0. The van der Waals surface area contributed by atoms with E-state index in [0.717, 1.165) is 17.8 Å². The van der Waals surface area contributed by atoms with Gasteiger partial charge in [-0.3, -0.25) is 20.0 Å². The molecule has 0 saturated carbocycles. The van der Waals surface area contributed by atoms with Gasteiger partial charge in [-0.25, -0.2) is 18.4 Å². The van der Waals surface area contributed by atoms with Gasteiger partial charge in [0.2, 0.25) is 0 Å². The monoisotopic (exact) mass is 547 g/mol. The van der Waals surface area contributed by atoms with E-state index in [1.54, 1.807) is 18.3 Å². The molecule has 0 radical (unpaired) electrons.